The fourth-order valence-electron chi connectivity index (χ4n) is 1.86. The first-order chi connectivity index (χ1) is 8.27. The first-order valence-electron chi connectivity index (χ1n) is 5.25. The number of anilines is 1. The maximum absolute atomic E-state index is 6.32. The average molecular weight is 244 g/mol. The molecular weight excluding hydrogens is 234 g/mol. The number of pyridine rings is 1. The second kappa shape index (κ2) is 3.79. The van der Waals surface area contributed by atoms with Crippen molar-refractivity contribution in [3.8, 4) is 11.3 Å². The molecule has 0 radical (unpaired) electrons. The van der Waals surface area contributed by atoms with Crippen LogP contribution in [0.1, 0.15) is 0 Å². The molecule has 3 nitrogen and oxygen atoms in total. The lowest BCUT2D eigenvalue weighted by Gasteiger charge is -2.00. The summed E-state index contributed by atoms with van der Waals surface area (Å²) in [5.41, 5.74) is 8.39. The van der Waals surface area contributed by atoms with Crippen LogP contribution < -0.4 is 5.73 Å². The summed E-state index contributed by atoms with van der Waals surface area (Å²) in [5, 5.41) is 0.546. The molecule has 0 saturated heterocycles. The van der Waals surface area contributed by atoms with Crippen LogP contribution in [0.4, 0.5) is 5.82 Å². The van der Waals surface area contributed by atoms with E-state index in [1.54, 1.807) is 10.5 Å². The summed E-state index contributed by atoms with van der Waals surface area (Å²) < 4.78 is 1.74. The highest BCUT2D eigenvalue weighted by Crippen LogP contribution is 2.29. The van der Waals surface area contributed by atoms with E-state index >= 15 is 0 Å². The zero-order valence-corrected chi connectivity index (χ0v) is 9.72. The lowest BCUT2D eigenvalue weighted by atomic mass is 10.2. The zero-order chi connectivity index (χ0) is 11.8. The van der Waals surface area contributed by atoms with Gasteiger partial charge in [-0.25, -0.2) is 4.98 Å². The number of hydrogen-bond acceptors (Lipinski definition) is 2. The maximum Gasteiger partial charge on any atom is 0.142 e. The molecule has 3 rings (SSSR count). The van der Waals surface area contributed by atoms with Gasteiger partial charge in [0, 0.05) is 5.56 Å². The fourth-order valence-corrected chi connectivity index (χ4v) is 2.20. The van der Waals surface area contributed by atoms with Crippen LogP contribution in [0.2, 0.25) is 5.15 Å². The minimum Gasteiger partial charge on any atom is -0.385 e. The molecule has 84 valence electrons. The van der Waals surface area contributed by atoms with Crippen molar-refractivity contribution >= 4 is 23.1 Å². The Morgan fingerprint density at radius 2 is 1.76 bits per heavy atom. The smallest absolute Gasteiger partial charge is 0.142 e. The molecule has 0 aliphatic heterocycles. The molecular formula is C13H10ClN3. The Hall–Kier alpha value is -2.00. The first kappa shape index (κ1) is 10.2. The standard InChI is InChI=1S/C13H10ClN3/c14-13-12(9-5-2-1-3-6-9)16-11-8-4-7-10(15)17(11)13/h1-8H,15H2. The van der Waals surface area contributed by atoms with E-state index in [-0.39, 0.29) is 0 Å². The molecule has 3 aromatic rings. The molecule has 0 saturated carbocycles. The van der Waals surface area contributed by atoms with Gasteiger partial charge in [-0.2, -0.15) is 0 Å². The van der Waals surface area contributed by atoms with Crippen LogP contribution >= 0.6 is 11.6 Å². The number of nitrogen functional groups attached to an aromatic ring is 1. The van der Waals surface area contributed by atoms with E-state index in [1.807, 2.05) is 42.5 Å². The topological polar surface area (TPSA) is 43.3 Å². The summed E-state index contributed by atoms with van der Waals surface area (Å²) in [6, 6.07) is 15.4. The van der Waals surface area contributed by atoms with Crippen LogP contribution in [0.3, 0.4) is 0 Å². The van der Waals surface area contributed by atoms with E-state index in [1.165, 1.54) is 0 Å². The number of nitrogens with two attached hydrogens (primary N) is 1. The van der Waals surface area contributed by atoms with Gasteiger partial charge < -0.3 is 5.73 Å². The average Bonchev–Trinajstić information content (AvgIpc) is 2.69. The molecule has 0 bridgehead atoms. The molecule has 2 N–H and O–H groups in total. The van der Waals surface area contributed by atoms with Crippen molar-refractivity contribution in [3.63, 3.8) is 0 Å². The number of hydrogen-bond donors (Lipinski definition) is 1. The third-order valence-corrected chi connectivity index (χ3v) is 3.01. The van der Waals surface area contributed by atoms with Crippen molar-refractivity contribution in [2.45, 2.75) is 0 Å². The van der Waals surface area contributed by atoms with Gasteiger partial charge in [0.05, 0.1) is 0 Å². The largest absolute Gasteiger partial charge is 0.385 e. The minimum absolute atomic E-state index is 0.546. The van der Waals surface area contributed by atoms with Crippen LogP contribution in [0.15, 0.2) is 48.5 Å². The van der Waals surface area contributed by atoms with Gasteiger partial charge in [0.1, 0.15) is 22.3 Å². The monoisotopic (exact) mass is 243 g/mol. The molecule has 4 heteroatoms. The molecule has 0 amide bonds. The Labute approximate surface area is 103 Å². The molecule has 0 aliphatic rings. The maximum atomic E-state index is 6.32. The lowest BCUT2D eigenvalue weighted by molar-refractivity contribution is 1.20. The number of fused-ring (bicyclic) bond motifs is 1. The van der Waals surface area contributed by atoms with Gasteiger partial charge in [-0.1, -0.05) is 48.0 Å². The summed E-state index contributed by atoms with van der Waals surface area (Å²) in [6.45, 7) is 0. The quantitative estimate of drug-likeness (QED) is 0.713. The molecule has 0 spiro atoms. The molecule has 0 unspecified atom stereocenters. The van der Waals surface area contributed by atoms with Gasteiger partial charge >= 0.3 is 0 Å². The van der Waals surface area contributed by atoms with Crippen LogP contribution in [0, 0.1) is 0 Å². The second-order valence-electron chi connectivity index (χ2n) is 3.76. The molecule has 0 aliphatic carbocycles. The van der Waals surface area contributed by atoms with Gasteiger partial charge in [0.15, 0.2) is 0 Å². The van der Waals surface area contributed by atoms with Crippen molar-refractivity contribution in [2.75, 3.05) is 5.73 Å². The van der Waals surface area contributed by atoms with Gasteiger partial charge in [-0.15, -0.1) is 0 Å². The van der Waals surface area contributed by atoms with E-state index in [9.17, 15) is 0 Å². The third kappa shape index (κ3) is 1.56. The first-order valence-corrected chi connectivity index (χ1v) is 5.63. The van der Waals surface area contributed by atoms with Crippen molar-refractivity contribution in [2.24, 2.45) is 0 Å². The van der Waals surface area contributed by atoms with E-state index in [0.717, 1.165) is 16.9 Å². The fraction of sp³-hybridized carbons (Fsp3) is 0. The van der Waals surface area contributed by atoms with Crippen molar-refractivity contribution in [1.82, 2.24) is 9.38 Å². The summed E-state index contributed by atoms with van der Waals surface area (Å²) in [4.78, 5) is 4.49. The van der Waals surface area contributed by atoms with Crippen molar-refractivity contribution < 1.29 is 0 Å². The Balaban J connectivity index is 2.33. The molecule has 0 fully saturated rings. The van der Waals surface area contributed by atoms with E-state index in [4.69, 9.17) is 17.3 Å². The number of halogens is 1. The van der Waals surface area contributed by atoms with Crippen LogP contribution in [-0.4, -0.2) is 9.38 Å². The number of nitrogens with zero attached hydrogens (tertiary/aromatic N) is 2. The highest BCUT2D eigenvalue weighted by molar-refractivity contribution is 6.32. The van der Waals surface area contributed by atoms with Gasteiger partial charge in [-0.05, 0) is 12.1 Å². The SMILES string of the molecule is Nc1cccc2nc(-c3ccccc3)c(Cl)n12. The summed E-state index contributed by atoms with van der Waals surface area (Å²) in [5.74, 6) is 0.585. The lowest BCUT2D eigenvalue weighted by Crippen LogP contribution is -1.95. The van der Waals surface area contributed by atoms with Crippen LogP contribution in [-0.2, 0) is 0 Å². The minimum atomic E-state index is 0.546. The number of benzene rings is 1. The van der Waals surface area contributed by atoms with Crippen molar-refractivity contribution in [1.29, 1.82) is 0 Å². The van der Waals surface area contributed by atoms with Crippen molar-refractivity contribution in [3.05, 3.63) is 53.7 Å². The predicted octanol–water partition coefficient (Wildman–Crippen LogP) is 3.24. The predicted molar refractivity (Wildman–Crippen MR) is 70.1 cm³/mol. The molecule has 0 atom stereocenters. The van der Waals surface area contributed by atoms with E-state index in [2.05, 4.69) is 4.98 Å². The Kier molecular flexibility index (Phi) is 2.27. The number of imidazole rings is 1. The normalized spacial score (nSPS) is 10.9. The van der Waals surface area contributed by atoms with Crippen LogP contribution in [0.25, 0.3) is 16.9 Å². The highest BCUT2D eigenvalue weighted by Gasteiger charge is 2.12. The molecule has 2 heterocycles. The number of rotatable bonds is 1. The Morgan fingerprint density at radius 1 is 1.00 bits per heavy atom. The molecule has 2 aromatic heterocycles. The Morgan fingerprint density at radius 3 is 2.47 bits per heavy atom. The number of aromatic nitrogens is 2. The molecule has 17 heavy (non-hydrogen) atoms. The van der Waals surface area contributed by atoms with Gasteiger partial charge in [-0.3, -0.25) is 4.40 Å². The molecule has 1 aromatic carbocycles. The van der Waals surface area contributed by atoms with Gasteiger partial charge in [0.2, 0.25) is 0 Å². The van der Waals surface area contributed by atoms with E-state index < -0.39 is 0 Å². The third-order valence-electron chi connectivity index (χ3n) is 2.66. The summed E-state index contributed by atoms with van der Waals surface area (Å²) in [6.07, 6.45) is 0. The highest BCUT2D eigenvalue weighted by atomic mass is 35.5. The second-order valence-corrected chi connectivity index (χ2v) is 4.12. The summed E-state index contributed by atoms with van der Waals surface area (Å²) >= 11 is 6.32. The zero-order valence-electron chi connectivity index (χ0n) is 8.97. The van der Waals surface area contributed by atoms with E-state index in [0.29, 0.717) is 11.0 Å². The summed E-state index contributed by atoms with van der Waals surface area (Å²) in [7, 11) is 0. The van der Waals surface area contributed by atoms with Gasteiger partial charge in [0.25, 0.3) is 0 Å². The Bertz CT molecular complexity index is 674. The van der Waals surface area contributed by atoms with Crippen LogP contribution in [0.5, 0.6) is 0 Å².